The van der Waals surface area contributed by atoms with E-state index < -0.39 is 0 Å². The summed E-state index contributed by atoms with van der Waals surface area (Å²) in [5.41, 5.74) is 2.11. The monoisotopic (exact) mass is 402 g/mol. The van der Waals surface area contributed by atoms with Crippen molar-refractivity contribution in [1.29, 1.82) is 0 Å². The Morgan fingerprint density at radius 1 is 1.07 bits per heavy atom. The maximum absolute atomic E-state index is 12.1. The fourth-order valence-electron chi connectivity index (χ4n) is 3.04. The minimum absolute atomic E-state index is 0.000716. The molecule has 1 aliphatic heterocycles. The van der Waals surface area contributed by atoms with Crippen LogP contribution >= 0.6 is 11.6 Å². The predicted molar refractivity (Wildman–Crippen MR) is 112 cm³/mol. The Morgan fingerprint density at radius 3 is 2.50 bits per heavy atom. The van der Waals surface area contributed by atoms with Gasteiger partial charge in [0.1, 0.15) is 5.75 Å². The molecule has 2 aromatic carbocycles. The summed E-state index contributed by atoms with van der Waals surface area (Å²) in [6.45, 7) is 5.22. The highest BCUT2D eigenvalue weighted by Crippen LogP contribution is 2.16. The highest BCUT2D eigenvalue weighted by molar-refractivity contribution is 6.30. The lowest BCUT2D eigenvalue weighted by Gasteiger charge is -2.26. The molecule has 0 aromatic heterocycles. The molecule has 5 nitrogen and oxygen atoms in total. The maximum Gasteiger partial charge on any atom is 0.224 e. The van der Waals surface area contributed by atoms with Crippen molar-refractivity contribution in [3.8, 4) is 5.75 Å². The fraction of sp³-hybridized carbons (Fsp3) is 0.409. The lowest BCUT2D eigenvalue weighted by Crippen LogP contribution is -2.37. The minimum atomic E-state index is 0.000716. The van der Waals surface area contributed by atoms with Gasteiger partial charge in [0.2, 0.25) is 5.91 Å². The number of ether oxygens (including phenoxy) is 2. The van der Waals surface area contributed by atoms with Crippen molar-refractivity contribution in [2.75, 3.05) is 44.8 Å². The molecule has 0 saturated carbocycles. The number of hydrogen-bond acceptors (Lipinski definition) is 4. The molecule has 0 spiro atoms. The third kappa shape index (κ3) is 7.15. The molecule has 1 saturated heterocycles. The van der Waals surface area contributed by atoms with Crippen LogP contribution in [0.2, 0.25) is 5.02 Å². The van der Waals surface area contributed by atoms with E-state index in [1.165, 1.54) is 5.56 Å². The molecule has 6 heteroatoms. The van der Waals surface area contributed by atoms with Gasteiger partial charge in [0.25, 0.3) is 0 Å². The molecule has 28 heavy (non-hydrogen) atoms. The van der Waals surface area contributed by atoms with Gasteiger partial charge in [-0.15, -0.1) is 0 Å². The summed E-state index contributed by atoms with van der Waals surface area (Å²) < 4.78 is 11.0. The van der Waals surface area contributed by atoms with E-state index in [4.69, 9.17) is 21.1 Å². The summed E-state index contributed by atoms with van der Waals surface area (Å²) in [5.74, 6) is 0.762. The van der Waals surface area contributed by atoms with Crippen molar-refractivity contribution in [1.82, 2.24) is 4.90 Å². The third-order valence-electron chi connectivity index (χ3n) is 4.69. The number of amides is 1. The second kappa shape index (κ2) is 11.1. The summed E-state index contributed by atoms with van der Waals surface area (Å²) in [5, 5.41) is 3.62. The first-order valence-corrected chi connectivity index (χ1v) is 10.1. The second-order valence-electron chi connectivity index (χ2n) is 6.86. The maximum atomic E-state index is 12.1. The topological polar surface area (TPSA) is 50.8 Å². The normalized spacial score (nSPS) is 14.6. The van der Waals surface area contributed by atoms with Gasteiger partial charge in [-0.3, -0.25) is 9.69 Å². The Labute approximate surface area is 171 Å². The van der Waals surface area contributed by atoms with Gasteiger partial charge < -0.3 is 14.8 Å². The summed E-state index contributed by atoms with van der Waals surface area (Å²) in [4.78, 5) is 14.5. The molecule has 0 unspecified atom stereocenters. The van der Waals surface area contributed by atoms with Gasteiger partial charge in [0.05, 0.1) is 19.8 Å². The molecular formula is C22H27ClN2O3. The van der Waals surface area contributed by atoms with Crippen LogP contribution in [0.4, 0.5) is 5.69 Å². The number of carbonyl (C=O) groups is 1. The van der Waals surface area contributed by atoms with Crippen LogP contribution in [-0.2, 0) is 16.0 Å². The van der Waals surface area contributed by atoms with Crippen molar-refractivity contribution in [2.24, 2.45) is 0 Å². The van der Waals surface area contributed by atoms with Crippen molar-refractivity contribution < 1.29 is 14.3 Å². The molecule has 1 heterocycles. The predicted octanol–water partition coefficient (Wildman–Crippen LogP) is 4.01. The van der Waals surface area contributed by atoms with Crippen molar-refractivity contribution in [3.63, 3.8) is 0 Å². The zero-order chi connectivity index (χ0) is 19.6. The van der Waals surface area contributed by atoms with E-state index in [1.54, 1.807) is 12.1 Å². The Hall–Kier alpha value is -2.08. The number of carbonyl (C=O) groups excluding carboxylic acids is 1. The van der Waals surface area contributed by atoms with Crippen molar-refractivity contribution >= 4 is 23.2 Å². The molecule has 150 valence electrons. The van der Waals surface area contributed by atoms with E-state index in [1.807, 2.05) is 24.3 Å². The van der Waals surface area contributed by atoms with Crippen LogP contribution < -0.4 is 10.1 Å². The number of nitrogens with one attached hydrogen (secondary N) is 1. The molecule has 0 radical (unpaired) electrons. The zero-order valence-corrected chi connectivity index (χ0v) is 16.8. The molecule has 0 bridgehead atoms. The van der Waals surface area contributed by atoms with E-state index in [2.05, 4.69) is 22.3 Å². The summed E-state index contributed by atoms with van der Waals surface area (Å²) in [6.07, 6.45) is 2.09. The smallest absolute Gasteiger partial charge is 0.224 e. The lowest BCUT2D eigenvalue weighted by atomic mass is 10.1. The van der Waals surface area contributed by atoms with Crippen LogP contribution in [0.15, 0.2) is 48.5 Å². The van der Waals surface area contributed by atoms with Crippen LogP contribution in [0.5, 0.6) is 5.75 Å². The molecular weight excluding hydrogens is 376 g/mol. The van der Waals surface area contributed by atoms with E-state index in [-0.39, 0.29) is 5.91 Å². The van der Waals surface area contributed by atoms with E-state index in [0.717, 1.165) is 50.7 Å². The number of hydrogen-bond donors (Lipinski definition) is 1. The summed E-state index contributed by atoms with van der Waals surface area (Å²) >= 11 is 5.84. The Bertz CT molecular complexity index is 728. The molecule has 1 fully saturated rings. The molecule has 3 rings (SSSR count). The standard InChI is InChI=1S/C22H27ClN2O3/c23-19-5-9-21(10-6-19)28-15-1-2-22(26)24-20-7-3-18(4-8-20)11-12-25-13-16-27-17-14-25/h3-10H,1-2,11-17H2,(H,24,26). The van der Waals surface area contributed by atoms with E-state index >= 15 is 0 Å². The SMILES string of the molecule is O=C(CCCOc1ccc(Cl)cc1)Nc1ccc(CCN2CCOCC2)cc1. The van der Waals surface area contributed by atoms with Crippen molar-refractivity contribution in [3.05, 3.63) is 59.1 Å². The number of morpholine rings is 1. The average Bonchev–Trinajstić information content (AvgIpc) is 2.73. The number of anilines is 1. The zero-order valence-electron chi connectivity index (χ0n) is 16.0. The van der Waals surface area contributed by atoms with Gasteiger partial charge >= 0.3 is 0 Å². The lowest BCUT2D eigenvalue weighted by molar-refractivity contribution is -0.116. The third-order valence-corrected chi connectivity index (χ3v) is 4.94. The molecule has 0 aliphatic carbocycles. The average molecular weight is 403 g/mol. The van der Waals surface area contributed by atoms with Gasteiger partial charge in [-0.05, 0) is 54.8 Å². The molecule has 1 N–H and O–H groups in total. The van der Waals surface area contributed by atoms with E-state index in [9.17, 15) is 4.79 Å². The minimum Gasteiger partial charge on any atom is -0.494 e. The molecule has 2 aromatic rings. The number of rotatable bonds is 9. The van der Waals surface area contributed by atoms with Gasteiger partial charge in [-0.1, -0.05) is 23.7 Å². The first kappa shape index (κ1) is 20.6. The largest absolute Gasteiger partial charge is 0.494 e. The summed E-state index contributed by atoms with van der Waals surface area (Å²) in [6, 6.07) is 15.3. The fourth-order valence-corrected chi connectivity index (χ4v) is 3.17. The number of halogens is 1. The van der Waals surface area contributed by atoms with Crippen LogP contribution in [0, 0.1) is 0 Å². The Kier molecular flexibility index (Phi) is 8.15. The number of nitrogens with zero attached hydrogens (tertiary/aromatic N) is 1. The highest BCUT2D eigenvalue weighted by Gasteiger charge is 2.10. The molecule has 1 aliphatic rings. The highest BCUT2D eigenvalue weighted by atomic mass is 35.5. The second-order valence-corrected chi connectivity index (χ2v) is 7.29. The van der Waals surface area contributed by atoms with Crippen LogP contribution in [0.3, 0.4) is 0 Å². The van der Waals surface area contributed by atoms with Crippen LogP contribution in [0.1, 0.15) is 18.4 Å². The summed E-state index contributed by atoms with van der Waals surface area (Å²) in [7, 11) is 0. The van der Waals surface area contributed by atoms with Crippen LogP contribution in [0.25, 0.3) is 0 Å². The van der Waals surface area contributed by atoms with Crippen LogP contribution in [-0.4, -0.2) is 50.3 Å². The first-order valence-electron chi connectivity index (χ1n) is 9.76. The van der Waals surface area contributed by atoms with Gasteiger partial charge in [-0.25, -0.2) is 0 Å². The molecule has 0 atom stereocenters. The molecule has 1 amide bonds. The van der Waals surface area contributed by atoms with Gasteiger partial charge in [0.15, 0.2) is 0 Å². The van der Waals surface area contributed by atoms with Gasteiger partial charge in [0, 0.05) is 36.8 Å². The van der Waals surface area contributed by atoms with Crippen molar-refractivity contribution in [2.45, 2.75) is 19.3 Å². The van der Waals surface area contributed by atoms with Gasteiger partial charge in [-0.2, -0.15) is 0 Å². The first-order chi connectivity index (χ1) is 13.7. The Morgan fingerprint density at radius 2 is 1.79 bits per heavy atom. The quantitative estimate of drug-likeness (QED) is 0.644. The van der Waals surface area contributed by atoms with E-state index in [0.29, 0.717) is 24.5 Å². The number of benzene rings is 2. The Balaban J connectivity index is 1.32.